The first-order chi connectivity index (χ1) is 10.2. The molecule has 1 atom stereocenters. The van der Waals surface area contributed by atoms with E-state index in [1.807, 2.05) is 13.1 Å². The van der Waals surface area contributed by atoms with Gasteiger partial charge in [-0.25, -0.2) is 0 Å². The second-order valence-electron chi connectivity index (χ2n) is 5.56. The van der Waals surface area contributed by atoms with Gasteiger partial charge in [0, 0.05) is 24.0 Å². The summed E-state index contributed by atoms with van der Waals surface area (Å²) >= 11 is 0. The lowest BCUT2D eigenvalue weighted by molar-refractivity contribution is 0.408. The average molecular weight is 286 g/mol. The zero-order valence-electron chi connectivity index (χ0n) is 13.5. The van der Waals surface area contributed by atoms with Crippen LogP contribution in [0, 0.1) is 6.92 Å². The number of nitrogens with zero attached hydrogens (tertiary/aromatic N) is 1. The Hall–Kier alpha value is -1.74. The van der Waals surface area contributed by atoms with E-state index >= 15 is 0 Å². The molecule has 2 aromatic rings. The summed E-state index contributed by atoms with van der Waals surface area (Å²) in [4.78, 5) is 0. The van der Waals surface area contributed by atoms with Gasteiger partial charge in [-0.3, -0.25) is 0 Å². The van der Waals surface area contributed by atoms with E-state index in [4.69, 9.17) is 4.74 Å². The highest BCUT2D eigenvalue weighted by Gasteiger charge is 2.10. The lowest BCUT2D eigenvalue weighted by atomic mass is 10.1. The summed E-state index contributed by atoms with van der Waals surface area (Å²) in [5.74, 6) is 0.953. The molecule has 0 radical (unpaired) electrons. The molecule has 1 aromatic carbocycles. The Morgan fingerprint density at radius 1 is 1.29 bits per heavy atom. The Balaban J connectivity index is 2.17. The van der Waals surface area contributed by atoms with Gasteiger partial charge in [-0.1, -0.05) is 31.0 Å². The normalized spacial score (nSPS) is 12.4. The van der Waals surface area contributed by atoms with E-state index in [0.717, 1.165) is 18.7 Å². The number of benzene rings is 1. The molecule has 0 saturated heterocycles. The number of methoxy groups -OCH3 is 1. The second kappa shape index (κ2) is 7.32. The molecule has 0 aliphatic heterocycles. The number of nitrogens with one attached hydrogen (secondary N) is 1. The summed E-state index contributed by atoms with van der Waals surface area (Å²) < 4.78 is 7.69. The van der Waals surface area contributed by atoms with Crippen molar-refractivity contribution in [3.8, 4) is 5.75 Å². The minimum absolute atomic E-state index is 0.440. The van der Waals surface area contributed by atoms with Gasteiger partial charge in [0.25, 0.3) is 0 Å². The molecule has 114 valence electrons. The topological polar surface area (TPSA) is 26.2 Å². The van der Waals surface area contributed by atoms with Crippen molar-refractivity contribution in [2.24, 2.45) is 0 Å². The van der Waals surface area contributed by atoms with Crippen LogP contribution in [0.2, 0.25) is 0 Å². The van der Waals surface area contributed by atoms with E-state index < -0.39 is 0 Å². The van der Waals surface area contributed by atoms with E-state index in [1.165, 1.54) is 23.1 Å². The number of aromatic nitrogens is 1. The smallest absolute Gasteiger partial charge is 0.123 e. The number of rotatable bonds is 7. The van der Waals surface area contributed by atoms with Gasteiger partial charge in [-0.2, -0.15) is 0 Å². The highest BCUT2D eigenvalue weighted by Crippen LogP contribution is 2.23. The molecule has 0 aliphatic carbocycles. The summed E-state index contributed by atoms with van der Waals surface area (Å²) in [7, 11) is 3.76. The van der Waals surface area contributed by atoms with Crippen molar-refractivity contribution < 1.29 is 4.74 Å². The SMILES string of the molecule is CCCC(NC)c1ccn(Cc2cc(C)ccc2OC)c1. The maximum Gasteiger partial charge on any atom is 0.123 e. The van der Waals surface area contributed by atoms with E-state index in [-0.39, 0.29) is 0 Å². The third kappa shape index (κ3) is 3.88. The van der Waals surface area contributed by atoms with Crippen LogP contribution in [0.4, 0.5) is 0 Å². The van der Waals surface area contributed by atoms with Crippen molar-refractivity contribution in [2.45, 2.75) is 39.3 Å². The summed E-state index contributed by atoms with van der Waals surface area (Å²) in [6, 6.07) is 8.97. The molecule has 3 nitrogen and oxygen atoms in total. The molecule has 1 heterocycles. The predicted molar refractivity (Wildman–Crippen MR) is 88.0 cm³/mol. The first-order valence-corrected chi connectivity index (χ1v) is 7.64. The molecular formula is C18H26N2O. The van der Waals surface area contributed by atoms with Crippen molar-refractivity contribution in [3.05, 3.63) is 53.3 Å². The second-order valence-corrected chi connectivity index (χ2v) is 5.56. The predicted octanol–water partition coefficient (Wildman–Crippen LogP) is 3.91. The summed E-state index contributed by atoms with van der Waals surface area (Å²) in [5, 5.41) is 3.39. The minimum Gasteiger partial charge on any atom is -0.496 e. The molecular weight excluding hydrogens is 260 g/mol. The van der Waals surface area contributed by atoms with Crippen LogP contribution in [0.15, 0.2) is 36.7 Å². The van der Waals surface area contributed by atoms with Gasteiger partial charge in [-0.15, -0.1) is 0 Å². The van der Waals surface area contributed by atoms with Crippen molar-refractivity contribution in [1.82, 2.24) is 9.88 Å². The van der Waals surface area contributed by atoms with E-state index in [1.54, 1.807) is 7.11 Å². The summed E-state index contributed by atoms with van der Waals surface area (Å²) in [5.41, 5.74) is 3.83. The Labute approximate surface area is 127 Å². The molecule has 0 aliphatic rings. The number of ether oxygens (including phenoxy) is 1. The Morgan fingerprint density at radius 2 is 2.10 bits per heavy atom. The third-order valence-corrected chi connectivity index (χ3v) is 3.89. The first kappa shape index (κ1) is 15.6. The fraction of sp³-hybridized carbons (Fsp3) is 0.444. The van der Waals surface area contributed by atoms with Crippen LogP contribution in [0.1, 0.15) is 42.5 Å². The quantitative estimate of drug-likeness (QED) is 0.835. The molecule has 0 bridgehead atoms. The van der Waals surface area contributed by atoms with Crippen LogP contribution < -0.4 is 10.1 Å². The lowest BCUT2D eigenvalue weighted by Crippen LogP contribution is -2.15. The van der Waals surface area contributed by atoms with E-state index in [2.05, 4.69) is 54.3 Å². The monoisotopic (exact) mass is 286 g/mol. The standard InChI is InChI=1S/C18H26N2O/c1-5-6-17(19-3)15-9-10-20(12-15)13-16-11-14(2)7-8-18(16)21-4/h7-12,17,19H,5-6,13H2,1-4H3. The van der Waals surface area contributed by atoms with Crippen LogP contribution in [0.5, 0.6) is 5.75 Å². The zero-order valence-corrected chi connectivity index (χ0v) is 13.5. The number of hydrogen-bond donors (Lipinski definition) is 1. The van der Waals surface area contributed by atoms with Crippen LogP contribution in [0.25, 0.3) is 0 Å². The van der Waals surface area contributed by atoms with Gasteiger partial charge in [0.2, 0.25) is 0 Å². The highest BCUT2D eigenvalue weighted by atomic mass is 16.5. The molecule has 21 heavy (non-hydrogen) atoms. The fourth-order valence-electron chi connectivity index (χ4n) is 2.76. The maximum absolute atomic E-state index is 5.46. The van der Waals surface area contributed by atoms with Crippen LogP contribution in [0.3, 0.4) is 0 Å². The summed E-state index contributed by atoms with van der Waals surface area (Å²) in [6.07, 6.45) is 6.73. The zero-order chi connectivity index (χ0) is 15.2. The molecule has 1 aromatic heterocycles. The van der Waals surface area contributed by atoms with E-state index in [0.29, 0.717) is 6.04 Å². The number of aryl methyl sites for hydroxylation is 1. The molecule has 2 rings (SSSR count). The molecule has 0 saturated carbocycles. The largest absolute Gasteiger partial charge is 0.496 e. The van der Waals surface area contributed by atoms with Crippen molar-refractivity contribution in [3.63, 3.8) is 0 Å². The third-order valence-electron chi connectivity index (χ3n) is 3.89. The maximum atomic E-state index is 5.46. The Bertz CT molecular complexity index is 574. The fourth-order valence-corrected chi connectivity index (χ4v) is 2.76. The van der Waals surface area contributed by atoms with Gasteiger partial charge in [0.1, 0.15) is 5.75 Å². The Morgan fingerprint density at radius 3 is 2.76 bits per heavy atom. The van der Waals surface area contributed by atoms with Crippen LogP contribution >= 0.6 is 0 Å². The first-order valence-electron chi connectivity index (χ1n) is 7.64. The lowest BCUT2D eigenvalue weighted by Gasteiger charge is -2.14. The van der Waals surface area contributed by atoms with Gasteiger partial charge in [0.05, 0.1) is 13.7 Å². The van der Waals surface area contributed by atoms with Gasteiger partial charge >= 0.3 is 0 Å². The molecule has 1 N–H and O–H groups in total. The molecule has 1 unspecified atom stereocenters. The van der Waals surface area contributed by atoms with Gasteiger partial charge in [0.15, 0.2) is 0 Å². The minimum atomic E-state index is 0.440. The average Bonchev–Trinajstić information content (AvgIpc) is 2.93. The molecule has 0 spiro atoms. The van der Waals surface area contributed by atoms with Crippen LogP contribution in [-0.2, 0) is 6.54 Å². The molecule has 0 fully saturated rings. The van der Waals surface area contributed by atoms with Crippen molar-refractivity contribution >= 4 is 0 Å². The van der Waals surface area contributed by atoms with E-state index in [9.17, 15) is 0 Å². The van der Waals surface area contributed by atoms with Crippen molar-refractivity contribution in [2.75, 3.05) is 14.2 Å². The highest BCUT2D eigenvalue weighted by molar-refractivity contribution is 5.37. The Kier molecular flexibility index (Phi) is 5.45. The van der Waals surface area contributed by atoms with Crippen LogP contribution in [-0.4, -0.2) is 18.7 Å². The van der Waals surface area contributed by atoms with Gasteiger partial charge < -0.3 is 14.6 Å². The molecule has 3 heteroatoms. The number of hydrogen-bond acceptors (Lipinski definition) is 2. The summed E-state index contributed by atoms with van der Waals surface area (Å²) in [6.45, 7) is 5.18. The molecule has 0 amide bonds. The van der Waals surface area contributed by atoms with Crippen molar-refractivity contribution in [1.29, 1.82) is 0 Å². The van der Waals surface area contributed by atoms with Gasteiger partial charge in [-0.05, 0) is 38.1 Å².